The number of carboxylic acid groups (broad SMARTS) is 1. The Hall–Kier alpha value is -1.55. The molecule has 0 aliphatic rings. The van der Waals surface area contributed by atoms with Gasteiger partial charge in [-0.2, -0.15) is 0 Å². The Morgan fingerprint density at radius 1 is 1.25 bits per heavy atom. The molecule has 20 heavy (non-hydrogen) atoms. The highest BCUT2D eigenvalue weighted by Gasteiger charge is 2.21. The molecule has 0 atom stereocenters. The molecule has 0 heterocycles. The van der Waals surface area contributed by atoms with Crippen LogP contribution in [0.25, 0.3) is 0 Å². The van der Waals surface area contributed by atoms with E-state index in [0.717, 1.165) is 11.3 Å². The molecule has 0 bridgehead atoms. The lowest BCUT2D eigenvalue weighted by atomic mass is 10.1. The van der Waals surface area contributed by atoms with Crippen LogP contribution in [0.1, 0.15) is 32.8 Å². The summed E-state index contributed by atoms with van der Waals surface area (Å²) in [7, 11) is 0. The van der Waals surface area contributed by atoms with Crippen LogP contribution in [0.3, 0.4) is 0 Å². The fraction of sp³-hybridized carbons (Fsp3) is 0.562. The molecule has 0 amide bonds. The average molecular weight is 279 g/mol. The van der Waals surface area contributed by atoms with Crippen LogP contribution in [0, 0.1) is 6.92 Å². The molecular formula is C16H25NO3. The second-order valence-corrected chi connectivity index (χ2v) is 5.92. The molecule has 0 aromatic heterocycles. The molecule has 1 aromatic rings. The predicted molar refractivity (Wildman–Crippen MR) is 80.3 cm³/mol. The van der Waals surface area contributed by atoms with E-state index in [-0.39, 0.29) is 12.0 Å². The number of para-hydroxylation sites is 1. The Bertz CT molecular complexity index is 438. The maximum Gasteiger partial charge on any atom is 0.304 e. The van der Waals surface area contributed by atoms with Gasteiger partial charge in [0.05, 0.1) is 6.42 Å². The minimum Gasteiger partial charge on any atom is -0.492 e. The van der Waals surface area contributed by atoms with Crippen LogP contribution in [-0.2, 0) is 4.79 Å². The highest BCUT2D eigenvalue weighted by molar-refractivity contribution is 5.66. The lowest BCUT2D eigenvalue weighted by molar-refractivity contribution is -0.137. The number of hydrogen-bond acceptors (Lipinski definition) is 3. The Balaban J connectivity index is 2.50. The third kappa shape index (κ3) is 5.61. The number of aliphatic carboxylic acids is 1. The Morgan fingerprint density at radius 2 is 1.90 bits per heavy atom. The van der Waals surface area contributed by atoms with Crippen LogP contribution in [0.15, 0.2) is 24.3 Å². The van der Waals surface area contributed by atoms with Crippen LogP contribution < -0.4 is 4.74 Å². The number of hydrogen-bond donors (Lipinski definition) is 1. The zero-order valence-electron chi connectivity index (χ0n) is 12.8. The lowest BCUT2D eigenvalue weighted by Gasteiger charge is -2.35. The summed E-state index contributed by atoms with van der Waals surface area (Å²) in [5, 5.41) is 8.81. The van der Waals surface area contributed by atoms with Crippen LogP contribution in [0.5, 0.6) is 5.75 Å². The van der Waals surface area contributed by atoms with E-state index in [1.165, 1.54) is 0 Å². The Kier molecular flexibility index (Phi) is 6.02. The number of ether oxygens (including phenoxy) is 1. The SMILES string of the molecule is Cc1ccccc1OCCN(CCC(=O)O)C(C)(C)C. The van der Waals surface area contributed by atoms with Gasteiger partial charge in [-0.25, -0.2) is 0 Å². The summed E-state index contributed by atoms with van der Waals surface area (Å²) >= 11 is 0. The van der Waals surface area contributed by atoms with E-state index in [4.69, 9.17) is 9.84 Å². The van der Waals surface area contributed by atoms with Gasteiger partial charge >= 0.3 is 5.97 Å². The molecule has 1 rings (SSSR count). The number of carbonyl (C=O) groups is 1. The van der Waals surface area contributed by atoms with Crippen molar-refractivity contribution in [2.45, 2.75) is 39.7 Å². The topological polar surface area (TPSA) is 49.8 Å². The molecule has 0 aliphatic heterocycles. The van der Waals surface area contributed by atoms with Gasteiger partial charge in [-0.1, -0.05) is 18.2 Å². The van der Waals surface area contributed by atoms with Crippen molar-refractivity contribution in [1.82, 2.24) is 4.90 Å². The monoisotopic (exact) mass is 279 g/mol. The van der Waals surface area contributed by atoms with Crippen molar-refractivity contribution in [2.24, 2.45) is 0 Å². The smallest absolute Gasteiger partial charge is 0.304 e. The Labute approximate surface area is 121 Å². The first-order valence-corrected chi connectivity index (χ1v) is 6.96. The maximum atomic E-state index is 10.7. The highest BCUT2D eigenvalue weighted by atomic mass is 16.5. The number of nitrogens with zero attached hydrogens (tertiary/aromatic N) is 1. The van der Waals surface area contributed by atoms with Gasteiger partial charge in [0.25, 0.3) is 0 Å². The average Bonchev–Trinajstić information content (AvgIpc) is 2.33. The highest BCUT2D eigenvalue weighted by Crippen LogP contribution is 2.17. The van der Waals surface area contributed by atoms with Crippen molar-refractivity contribution in [3.05, 3.63) is 29.8 Å². The number of rotatable bonds is 7. The molecule has 4 nitrogen and oxygen atoms in total. The minimum absolute atomic E-state index is 0.0649. The maximum absolute atomic E-state index is 10.7. The van der Waals surface area contributed by atoms with Crippen molar-refractivity contribution >= 4 is 5.97 Å². The van der Waals surface area contributed by atoms with Crippen LogP contribution in [-0.4, -0.2) is 41.2 Å². The molecule has 0 spiro atoms. The standard InChI is InChI=1S/C16H25NO3/c1-13-7-5-6-8-14(13)20-12-11-17(16(2,3)4)10-9-15(18)19/h5-8H,9-12H2,1-4H3,(H,18,19). The van der Waals surface area contributed by atoms with Crippen LogP contribution in [0.4, 0.5) is 0 Å². The molecule has 1 aromatic carbocycles. The van der Waals surface area contributed by atoms with E-state index in [1.807, 2.05) is 31.2 Å². The van der Waals surface area contributed by atoms with E-state index in [0.29, 0.717) is 19.7 Å². The van der Waals surface area contributed by atoms with Gasteiger partial charge in [0.2, 0.25) is 0 Å². The molecule has 0 aliphatic carbocycles. The van der Waals surface area contributed by atoms with E-state index in [2.05, 4.69) is 25.7 Å². The number of benzene rings is 1. The van der Waals surface area contributed by atoms with Gasteiger partial charge in [-0.3, -0.25) is 9.69 Å². The lowest BCUT2D eigenvalue weighted by Crippen LogP contribution is -2.44. The molecule has 0 fully saturated rings. The third-order valence-corrected chi connectivity index (χ3v) is 3.26. The van der Waals surface area contributed by atoms with Gasteiger partial charge in [-0.05, 0) is 39.3 Å². The van der Waals surface area contributed by atoms with Crippen LogP contribution >= 0.6 is 0 Å². The van der Waals surface area contributed by atoms with Gasteiger partial charge in [0, 0.05) is 18.6 Å². The first-order chi connectivity index (χ1) is 9.30. The minimum atomic E-state index is -0.765. The summed E-state index contributed by atoms with van der Waals surface area (Å²) in [5.41, 5.74) is 1.05. The summed E-state index contributed by atoms with van der Waals surface area (Å²) in [6, 6.07) is 7.90. The second-order valence-electron chi connectivity index (χ2n) is 5.92. The summed E-state index contributed by atoms with van der Waals surface area (Å²) in [6.07, 6.45) is 0.154. The molecule has 0 saturated heterocycles. The van der Waals surface area contributed by atoms with Gasteiger partial charge in [0.1, 0.15) is 12.4 Å². The second kappa shape index (κ2) is 7.29. The fourth-order valence-electron chi connectivity index (χ4n) is 2.00. The third-order valence-electron chi connectivity index (χ3n) is 3.26. The zero-order valence-corrected chi connectivity index (χ0v) is 12.8. The van der Waals surface area contributed by atoms with Crippen molar-refractivity contribution in [2.75, 3.05) is 19.7 Å². The molecular weight excluding hydrogens is 254 g/mol. The predicted octanol–water partition coefficient (Wildman–Crippen LogP) is 2.95. The zero-order chi connectivity index (χ0) is 15.2. The first-order valence-electron chi connectivity index (χ1n) is 6.96. The van der Waals surface area contributed by atoms with Gasteiger partial charge < -0.3 is 9.84 Å². The summed E-state index contributed by atoms with van der Waals surface area (Å²) in [5.74, 6) is 0.124. The summed E-state index contributed by atoms with van der Waals surface area (Å²) in [6.45, 7) is 10.1. The van der Waals surface area contributed by atoms with E-state index < -0.39 is 5.97 Å². The number of carboxylic acids is 1. The number of aryl methyl sites for hydroxylation is 1. The van der Waals surface area contributed by atoms with E-state index in [1.54, 1.807) is 0 Å². The van der Waals surface area contributed by atoms with Gasteiger partial charge in [-0.15, -0.1) is 0 Å². The van der Waals surface area contributed by atoms with E-state index >= 15 is 0 Å². The van der Waals surface area contributed by atoms with Crippen molar-refractivity contribution in [1.29, 1.82) is 0 Å². The summed E-state index contributed by atoms with van der Waals surface area (Å²) in [4.78, 5) is 12.9. The van der Waals surface area contributed by atoms with Gasteiger partial charge in [0.15, 0.2) is 0 Å². The van der Waals surface area contributed by atoms with Crippen LogP contribution in [0.2, 0.25) is 0 Å². The first kappa shape index (κ1) is 16.5. The van der Waals surface area contributed by atoms with Crippen molar-refractivity contribution < 1.29 is 14.6 Å². The molecule has 4 heteroatoms. The fourth-order valence-corrected chi connectivity index (χ4v) is 2.00. The quantitative estimate of drug-likeness (QED) is 0.833. The molecule has 0 unspecified atom stereocenters. The Morgan fingerprint density at radius 3 is 2.45 bits per heavy atom. The van der Waals surface area contributed by atoms with Crippen molar-refractivity contribution in [3.63, 3.8) is 0 Å². The van der Waals surface area contributed by atoms with E-state index in [9.17, 15) is 4.79 Å². The largest absolute Gasteiger partial charge is 0.492 e. The molecule has 112 valence electrons. The summed E-state index contributed by atoms with van der Waals surface area (Å²) < 4.78 is 5.78. The normalized spacial score (nSPS) is 11.7. The molecule has 0 radical (unpaired) electrons. The molecule has 0 saturated carbocycles. The van der Waals surface area contributed by atoms with Crippen molar-refractivity contribution in [3.8, 4) is 5.75 Å². The molecule has 1 N–H and O–H groups in total.